The molecule has 10 nitrogen and oxygen atoms in total. The van der Waals surface area contributed by atoms with E-state index >= 15 is 0 Å². The monoisotopic (exact) mass is 588 g/mol. The first-order valence-corrected chi connectivity index (χ1v) is 15.5. The Balaban J connectivity index is 1.12. The number of hydrogen-bond donors (Lipinski definition) is 2. The second-order valence-corrected chi connectivity index (χ2v) is 13.1. The number of carbonyl (C=O) groups is 1. The highest BCUT2D eigenvalue weighted by Gasteiger charge is 2.51. The van der Waals surface area contributed by atoms with Crippen molar-refractivity contribution in [3.8, 4) is 5.75 Å². The van der Waals surface area contributed by atoms with E-state index in [-0.39, 0.29) is 11.9 Å². The maximum Gasteiger partial charge on any atom is 0.258 e. The number of ether oxygens (including phenoxy) is 1. The number of nitrogens with zero attached hydrogens (tertiary/aromatic N) is 6. The molecule has 0 aliphatic heterocycles. The summed E-state index contributed by atoms with van der Waals surface area (Å²) in [5.74, 6) is 3.48. The number of nitrogens with one attached hydrogen (secondary N) is 2. The molecule has 1 amide bonds. The molecule has 4 bridgehead atoms. The maximum absolute atomic E-state index is 12.6. The molecule has 4 fully saturated rings. The summed E-state index contributed by atoms with van der Waals surface area (Å²) in [4.78, 5) is 17.8. The number of methoxy groups -OCH3 is 1. The van der Waals surface area contributed by atoms with Crippen molar-refractivity contribution in [2.24, 2.45) is 29.8 Å². The molecule has 2 aromatic heterocycles. The normalized spacial score (nSPS) is 24.2. The van der Waals surface area contributed by atoms with Crippen LogP contribution in [-0.2, 0) is 19.0 Å². The highest BCUT2D eigenvalue weighted by atomic mass is 16.5. The molecule has 4 aliphatic rings. The largest absolute Gasteiger partial charge is 0.497 e. The number of fused-ring (bicyclic) bond motifs is 1. The maximum atomic E-state index is 12.6. The van der Waals surface area contributed by atoms with E-state index in [4.69, 9.17) is 9.73 Å². The molecule has 5 aromatic rings. The topological polar surface area (TPSA) is 115 Å². The number of aromatic nitrogens is 6. The SMILES string of the molecule is COc1ccc2c(c1)n(Cc1ccc(C(=O)Nc3nnn[nH]3)cc1)c(=Nc1ccc(C34CC5CC(CC(C5)C3)C4)cc1)n2C. The Labute approximate surface area is 255 Å². The fourth-order valence-electron chi connectivity index (χ4n) is 8.62. The molecule has 0 unspecified atom stereocenters. The summed E-state index contributed by atoms with van der Waals surface area (Å²) in [5, 5.41) is 15.9. The molecular formula is C34H36N8O2. The van der Waals surface area contributed by atoms with E-state index < -0.39 is 0 Å². The van der Waals surface area contributed by atoms with Crippen LogP contribution in [0.15, 0.2) is 71.7 Å². The average molecular weight is 589 g/mol. The summed E-state index contributed by atoms with van der Waals surface area (Å²) in [6.45, 7) is 0.572. The van der Waals surface area contributed by atoms with Gasteiger partial charge in [-0.05, 0) is 120 Å². The van der Waals surface area contributed by atoms with Crippen LogP contribution in [0.25, 0.3) is 11.0 Å². The standard InChI is InChI=1S/C34H36N8O2/c1-41-29-12-11-28(44-2)16-30(29)42(20-21-3-5-25(6-4-21)31(43)36-32-37-39-40-38-32)33(41)35-27-9-7-26(8-10-27)34-17-22-13-23(18-34)15-24(14-22)19-34/h3-12,16,22-24H,13-15,17-20H2,1-2H3,(H2,36,37,38,39,40,43). The fraction of sp³-hybridized carbons (Fsp3) is 0.382. The number of aromatic amines is 1. The molecule has 10 heteroatoms. The van der Waals surface area contributed by atoms with Crippen LogP contribution in [0.4, 0.5) is 11.6 Å². The lowest BCUT2D eigenvalue weighted by atomic mass is 9.48. The Morgan fingerprint density at radius 3 is 2.32 bits per heavy atom. The lowest BCUT2D eigenvalue weighted by Crippen LogP contribution is -2.48. The Hall–Kier alpha value is -4.73. The van der Waals surface area contributed by atoms with Gasteiger partial charge in [0, 0.05) is 18.7 Å². The first-order chi connectivity index (χ1) is 21.5. The van der Waals surface area contributed by atoms with Gasteiger partial charge in [-0.15, -0.1) is 0 Å². The van der Waals surface area contributed by atoms with Gasteiger partial charge in [0.1, 0.15) is 5.75 Å². The van der Waals surface area contributed by atoms with E-state index in [1.807, 2.05) is 18.2 Å². The van der Waals surface area contributed by atoms with Crippen LogP contribution in [-0.4, -0.2) is 42.8 Å². The third-order valence-electron chi connectivity index (χ3n) is 10.3. The van der Waals surface area contributed by atoms with Crippen LogP contribution < -0.4 is 15.7 Å². The number of amides is 1. The van der Waals surface area contributed by atoms with Crippen molar-refractivity contribution in [1.29, 1.82) is 0 Å². The number of aryl methyl sites for hydroxylation is 1. The van der Waals surface area contributed by atoms with Crippen molar-refractivity contribution in [3.63, 3.8) is 0 Å². The molecule has 0 spiro atoms. The van der Waals surface area contributed by atoms with Crippen LogP contribution in [0, 0.1) is 17.8 Å². The van der Waals surface area contributed by atoms with Gasteiger partial charge in [-0.2, -0.15) is 0 Å². The molecule has 2 N–H and O–H groups in total. The number of tetrazole rings is 1. The Morgan fingerprint density at radius 1 is 0.977 bits per heavy atom. The lowest BCUT2D eigenvalue weighted by molar-refractivity contribution is -0.00518. The van der Waals surface area contributed by atoms with Crippen molar-refractivity contribution in [1.82, 2.24) is 29.8 Å². The van der Waals surface area contributed by atoms with Crippen LogP contribution in [0.2, 0.25) is 0 Å². The second kappa shape index (κ2) is 10.5. The minimum absolute atomic E-state index is 0.205. The van der Waals surface area contributed by atoms with Gasteiger partial charge in [0.15, 0.2) is 0 Å². The predicted octanol–water partition coefficient (Wildman–Crippen LogP) is 5.50. The van der Waals surface area contributed by atoms with Gasteiger partial charge in [-0.3, -0.25) is 10.1 Å². The van der Waals surface area contributed by atoms with E-state index in [9.17, 15) is 4.79 Å². The van der Waals surface area contributed by atoms with Gasteiger partial charge in [0.05, 0.1) is 30.4 Å². The number of benzene rings is 3. The van der Waals surface area contributed by atoms with Crippen molar-refractivity contribution >= 4 is 28.6 Å². The predicted molar refractivity (Wildman–Crippen MR) is 167 cm³/mol. The molecule has 0 saturated heterocycles. The zero-order valence-electron chi connectivity index (χ0n) is 25.0. The number of imidazole rings is 1. The molecule has 224 valence electrons. The van der Waals surface area contributed by atoms with E-state index in [0.29, 0.717) is 17.5 Å². The van der Waals surface area contributed by atoms with Crippen LogP contribution in [0.3, 0.4) is 0 Å². The van der Waals surface area contributed by atoms with Crippen molar-refractivity contribution in [2.75, 3.05) is 12.4 Å². The first kappa shape index (κ1) is 26.9. The third-order valence-corrected chi connectivity index (χ3v) is 10.3. The smallest absolute Gasteiger partial charge is 0.258 e. The summed E-state index contributed by atoms with van der Waals surface area (Å²) in [6, 6.07) is 22.7. The van der Waals surface area contributed by atoms with Gasteiger partial charge in [0.25, 0.3) is 5.91 Å². The van der Waals surface area contributed by atoms with Gasteiger partial charge >= 0.3 is 0 Å². The van der Waals surface area contributed by atoms with Crippen molar-refractivity contribution in [2.45, 2.75) is 50.5 Å². The zero-order chi connectivity index (χ0) is 29.8. The van der Waals surface area contributed by atoms with Crippen LogP contribution in [0.5, 0.6) is 5.75 Å². The van der Waals surface area contributed by atoms with E-state index in [1.165, 1.54) is 44.1 Å². The molecule has 0 radical (unpaired) electrons. The molecule has 44 heavy (non-hydrogen) atoms. The van der Waals surface area contributed by atoms with Crippen LogP contribution in [0.1, 0.15) is 60.0 Å². The summed E-state index contributed by atoms with van der Waals surface area (Å²) >= 11 is 0. The number of hydrogen-bond acceptors (Lipinski definition) is 6. The molecule has 4 saturated carbocycles. The van der Waals surface area contributed by atoms with Gasteiger partial charge in [-0.25, -0.2) is 10.1 Å². The average Bonchev–Trinajstić information content (AvgIpc) is 3.63. The van der Waals surface area contributed by atoms with Gasteiger partial charge in [-0.1, -0.05) is 29.4 Å². The highest BCUT2D eigenvalue weighted by molar-refractivity contribution is 6.03. The van der Waals surface area contributed by atoms with Crippen LogP contribution >= 0.6 is 0 Å². The van der Waals surface area contributed by atoms with E-state index in [2.05, 4.69) is 78.5 Å². The number of H-pyrrole nitrogens is 1. The Kier molecular flexibility index (Phi) is 6.39. The second-order valence-electron chi connectivity index (χ2n) is 13.1. The number of rotatable bonds is 7. The number of anilines is 1. The first-order valence-electron chi connectivity index (χ1n) is 15.5. The van der Waals surface area contributed by atoms with E-state index in [0.717, 1.165) is 51.4 Å². The Bertz CT molecular complexity index is 1870. The van der Waals surface area contributed by atoms with Crippen molar-refractivity contribution < 1.29 is 9.53 Å². The number of carbonyl (C=O) groups excluding carboxylic acids is 1. The molecule has 9 rings (SSSR count). The molecule has 3 aromatic carbocycles. The summed E-state index contributed by atoms with van der Waals surface area (Å²) in [6.07, 6.45) is 8.44. The summed E-state index contributed by atoms with van der Waals surface area (Å²) in [7, 11) is 3.74. The van der Waals surface area contributed by atoms with E-state index in [1.54, 1.807) is 19.2 Å². The quantitative estimate of drug-likeness (QED) is 0.261. The van der Waals surface area contributed by atoms with Crippen molar-refractivity contribution in [3.05, 3.63) is 89.0 Å². The summed E-state index contributed by atoms with van der Waals surface area (Å²) < 4.78 is 9.92. The summed E-state index contributed by atoms with van der Waals surface area (Å²) in [5.41, 5.74) is 7.30. The zero-order valence-corrected chi connectivity index (χ0v) is 25.0. The molecule has 4 aliphatic carbocycles. The van der Waals surface area contributed by atoms with Gasteiger partial charge < -0.3 is 13.9 Å². The molecule has 0 atom stereocenters. The fourth-order valence-corrected chi connectivity index (χ4v) is 8.62. The highest BCUT2D eigenvalue weighted by Crippen LogP contribution is 2.60. The molecule has 2 heterocycles. The lowest BCUT2D eigenvalue weighted by Gasteiger charge is -2.57. The third kappa shape index (κ3) is 4.69. The van der Waals surface area contributed by atoms with Gasteiger partial charge in [0.2, 0.25) is 11.6 Å². The Morgan fingerprint density at radius 2 is 1.68 bits per heavy atom. The molecular weight excluding hydrogens is 552 g/mol. The minimum atomic E-state index is -0.287. The minimum Gasteiger partial charge on any atom is -0.497 e.